The second kappa shape index (κ2) is 7.47. The van der Waals surface area contributed by atoms with Crippen molar-refractivity contribution in [2.24, 2.45) is 0 Å². The highest BCUT2D eigenvalue weighted by Gasteiger charge is 2.26. The van der Waals surface area contributed by atoms with Gasteiger partial charge in [-0.1, -0.05) is 23.8 Å². The van der Waals surface area contributed by atoms with E-state index in [1.54, 1.807) is 36.4 Å². The molecule has 6 nitrogen and oxygen atoms in total. The summed E-state index contributed by atoms with van der Waals surface area (Å²) in [5.41, 5.74) is 2.89. The Labute approximate surface area is 152 Å². The molecular weight excluding hydrogens is 354 g/mol. The van der Waals surface area contributed by atoms with Crippen LogP contribution in [0.5, 0.6) is 5.75 Å². The molecule has 26 heavy (non-hydrogen) atoms. The van der Waals surface area contributed by atoms with E-state index in [0.717, 1.165) is 29.5 Å². The smallest absolute Gasteiger partial charge is 0.341 e. The average Bonchev–Trinajstić information content (AvgIpc) is 2.60. The highest BCUT2D eigenvalue weighted by Crippen LogP contribution is 2.33. The highest BCUT2D eigenvalue weighted by atomic mass is 32.2. The number of sulfonamides is 1. The van der Waals surface area contributed by atoms with E-state index in [0.29, 0.717) is 12.2 Å². The predicted octanol–water partition coefficient (Wildman–Crippen LogP) is 2.81. The summed E-state index contributed by atoms with van der Waals surface area (Å²) in [6, 6.07) is 11.7. The maximum absolute atomic E-state index is 12.7. The van der Waals surface area contributed by atoms with Crippen molar-refractivity contribution in [1.29, 1.82) is 0 Å². The van der Waals surface area contributed by atoms with E-state index in [9.17, 15) is 13.2 Å². The minimum absolute atomic E-state index is 0.247. The van der Waals surface area contributed by atoms with Gasteiger partial charge in [0.25, 0.3) is 0 Å². The van der Waals surface area contributed by atoms with Crippen molar-refractivity contribution in [2.45, 2.75) is 37.1 Å². The van der Waals surface area contributed by atoms with E-state index < -0.39 is 22.6 Å². The van der Waals surface area contributed by atoms with Crippen molar-refractivity contribution in [1.82, 2.24) is 4.72 Å². The molecule has 0 saturated carbocycles. The van der Waals surface area contributed by atoms with Gasteiger partial charge in [-0.2, -0.15) is 0 Å². The van der Waals surface area contributed by atoms with Crippen LogP contribution in [0.15, 0.2) is 47.4 Å². The Hall–Kier alpha value is -2.38. The third kappa shape index (κ3) is 4.23. The van der Waals surface area contributed by atoms with E-state index in [1.807, 2.05) is 13.0 Å². The van der Waals surface area contributed by atoms with Gasteiger partial charge in [0, 0.05) is 6.04 Å². The lowest BCUT2D eigenvalue weighted by atomic mass is 9.88. The molecule has 1 unspecified atom stereocenters. The molecule has 3 rings (SSSR count). The summed E-state index contributed by atoms with van der Waals surface area (Å²) < 4.78 is 33.3. The number of nitrogens with one attached hydrogen (secondary N) is 1. The molecule has 2 N–H and O–H groups in total. The molecule has 0 saturated heterocycles. The van der Waals surface area contributed by atoms with Gasteiger partial charge >= 0.3 is 5.97 Å². The number of aliphatic carboxylic acids is 1. The first kappa shape index (κ1) is 18.4. The summed E-state index contributed by atoms with van der Waals surface area (Å²) in [4.78, 5) is 10.9. The summed E-state index contributed by atoms with van der Waals surface area (Å²) in [5, 5.41) is 8.71. The third-order valence-electron chi connectivity index (χ3n) is 4.42. The van der Waals surface area contributed by atoms with Gasteiger partial charge in [-0.05, 0) is 61.6 Å². The second-order valence-corrected chi connectivity index (χ2v) is 8.14. The standard InChI is InChI=1S/C19H21NO5S/c1-13-5-8-16(9-6-13)26(23,24)20-18-4-2-3-14-11-15(7-10-17(14)18)25-12-19(21)22/h5-11,18,20H,2-4,12H2,1H3,(H,21,22). The molecular formula is C19H21NO5S. The SMILES string of the molecule is Cc1ccc(S(=O)(=O)NC2CCCc3cc(OCC(=O)O)ccc32)cc1. The zero-order chi connectivity index (χ0) is 18.7. The van der Waals surface area contributed by atoms with Crippen molar-refractivity contribution >= 4 is 16.0 Å². The normalized spacial score (nSPS) is 16.7. The molecule has 1 atom stereocenters. The van der Waals surface area contributed by atoms with Crippen molar-refractivity contribution in [3.8, 4) is 5.75 Å². The number of aryl methyl sites for hydroxylation is 2. The Bertz CT molecular complexity index is 906. The first-order chi connectivity index (χ1) is 12.3. The molecule has 0 aliphatic heterocycles. The van der Waals surface area contributed by atoms with Crippen LogP contribution in [0.25, 0.3) is 0 Å². The molecule has 0 fully saturated rings. The number of hydrogen-bond donors (Lipinski definition) is 2. The van der Waals surface area contributed by atoms with Crippen LogP contribution in [0, 0.1) is 6.92 Å². The van der Waals surface area contributed by atoms with Gasteiger partial charge in [0.1, 0.15) is 5.75 Å². The lowest BCUT2D eigenvalue weighted by Gasteiger charge is -2.26. The lowest BCUT2D eigenvalue weighted by Crippen LogP contribution is -2.31. The van der Waals surface area contributed by atoms with Gasteiger partial charge in [0.05, 0.1) is 4.90 Å². The van der Waals surface area contributed by atoms with Crippen molar-refractivity contribution < 1.29 is 23.1 Å². The Morgan fingerprint density at radius 2 is 1.96 bits per heavy atom. The van der Waals surface area contributed by atoms with Gasteiger partial charge in [0.15, 0.2) is 6.61 Å². The van der Waals surface area contributed by atoms with Crippen LogP contribution in [0.1, 0.15) is 35.6 Å². The van der Waals surface area contributed by atoms with E-state index in [1.165, 1.54) is 0 Å². The second-order valence-electron chi connectivity index (χ2n) is 6.42. The summed E-state index contributed by atoms with van der Waals surface area (Å²) in [7, 11) is -3.61. The largest absolute Gasteiger partial charge is 0.482 e. The number of rotatable bonds is 6. The average molecular weight is 375 g/mol. The van der Waals surface area contributed by atoms with E-state index in [4.69, 9.17) is 9.84 Å². The van der Waals surface area contributed by atoms with E-state index in [2.05, 4.69) is 4.72 Å². The monoisotopic (exact) mass is 375 g/mol. The number of benzene rings is 2. The van der Waals surface area contributed by atoms with Crippen LogP contribution < -0.4 is 9.46 Å². The fourth-order valence-corrected chi connectivity index (χ4v) is 4.37. The fraction of sp³-hybridized carbons (Fsp3) is 0.316. The zero-order valence-electron chi connectivity index (χ0n) is 14.4. The lowest BCUT2D eigenvalue weighted by molar-refractivity contribution is -0.139. The molecule has 7 heteroatoms. The van der Waals surface area contributed by atoms with Crippen LogP contribution in [0.2, 0.25) is 0 Å². The number of carbonyl (C=O) groups is 1. The molecule has 1 aliphatic rings. The third-order valence-corrected chi connectivity index (χ3v) is 5.91. The van der Waals surface area contributed by atoms with Crippen LogP contribution >= 0.6 is 0 Å². The number of fused-ring (bicyclic) bond motifs is 1. The summed E-state index contributed by atoms with van der Waals surface area (Å²) in [6.07, 6.45) is 2.37. The molecule has 0 amide bonds. The number of hydrogen-bond acceptors (Lipinski definition) is 4. The maximum atomic E-state index is 12.7. The first-order valence-electron chi connectivity index (χ1n) is 8.41. The molecule has 0 aromatic heterocycles. The summed E-state index contributed by atoms with van der Waals surface area (Å²) in [5.74, 6) is -0.556. The minimum Gasteiger partial charge on any atom is -0.482 e. The van der Waals surface area contributed by atoms with Crippen molar-refractivity contribution in [3.63, 3.8) is 0 Å². The van der Waals surface area contributed by atoms with Gasteiger partial charge in [-0.15, -0.1) is 0 Å². The summed E-state index contributed by atoms with van der Waals surface area (Å²) >= 11 is 0. The van der Waals surface area contributed by atoms with Gasteiger partial charge in [0.2, 0.25) is 10.0 Å². The Morgan fingerprint density at radius 3 is 2.65 bits per heavy atom. The highest BCUT2D eigenvalue weighted by molar-refractivity contribution is 7.89. The van der Waals surface area contributed by atoms with Gasteiger partial charge in [-0.3, -0.25) is 0 Å². The van der Waals surface area contributed by atoms with Crippen molar-refractivity contribution in [3.05, 3.63) is 59.2 Å². The number of carboxylic acids is 1. The van der Waals surface area contributed by atoms with E-state index in [-0.39, 0.29) is 10.9 Å². The van der Waals surface area contributed by atoms with Gasteiger partial charge in [-0.25, -0.2) is 17.9 Å². The zero-order valence-corrected chi connectivity index (χ0v) is 15.3. The first-order valence-corrected chi connectivity index (χ1v) is 9.90. The topological polar surface area (TPSA) is 92.7 Å². The minimum atomic E-state index is -3.61. The Morgan fingerprint density at radius 1 is 1.23 bits per heavy atom. The maximum Gasteiger partial charge on any atom is 0.341 e. The molecule has 0 heterocycles. The molecule has 0 bridgehead atoms. The van der Waals surface area contributed by atoms with Crippen molar-refractivity contribution in [2.75, 3.05) is 6.61 Å². The van der Waals surface area contributed by atoms with Crippen LogP contribution in [0.3, 0.4) is 0 Å². The number of carboxylic acid groups (broad SMARTS) is 1. The molecule has 1 aliphatic carbocycles. The van der Waals surface area contributed by atoms with Gasteiger partial charge < -0.3 is 9.84 Å². The Kier molecular flexibility index (Phi) is 5.29. The predicted molar refractivity (Wildman–Crippen MR) is 96.8 cm³/mol. The van der Waals surface area contributed by atoms with Crippen LogP contribution in [-0.4, -0.2) is 26.1 Å². The fourth-order valence-electron chi connectivity index (χ4n) is 3.12. The van der Waals surface area contributed by atoms with Crippen LogP contribution in [0.4, 0.5) is 0 Å². The van der Waals surface area contributed by atoms with E-state index >= 15 is 0 Å². The Balaban J connectivity index is 1.81. The summed E-state index contributed by atoms with van der Waals surface area (Å²) in [6.45, 7) is 1.51. The van der Waals surface area contributed by atoms with Crippen LogP contribution in [-0.2, 0) is 21.2 Å². The molecule has 138 valence electrons. The number of ether oxygens (including phenoxy) is 1. The molecule has 0 spiro atoms. The molecule has 2 aromatic rings. The quantitative estimate of drug-likeness (QED) is 0.810. The molecule has 2 aromatic carbocycles. The molecule has 0 radical (unpaired) electrons.